The van der Waals surface area contributed by atoms with Crippen LogP contribution in [-0.4, -0.2) is 33.4 Å². The molecule has 1 N–H and O–H groups in total. The number of hydrogen-bond donors (Lipinski definition) is 1. The van der Waals surface area contributed by atoms with Gasteiger partial charge in [0.1, 0.15) is 5.75 Å². The maximum absolute atomic E-state index is 5.74. The van der Waals surface area contributed by atoms with Gasteiger partial charge in [-0.1, -0.05) is 26.0 Å². The molecule has 0 saturated heterocycles. The summed E-state index contributed by atoms with van der Waals surface area (Å²) < 4.78 is 10.7. The third kappa shape index (κ3) is 6.92. The van der Waals surface area contributed by atoms with Crippen molar-refractivity contribution < 1.29 is 9.47 Å². The molecule has 0 unspecified atom stereocenters. The zero-order chi connectivity index (χ0) is 14.6. The highest BCUT2D eigenvalue weighted by Gasteiger charge is 2.02. The van der Waals surface area contributed by atoms with E-state index in [0.29, 0.717) is 5.92 Å². The summed E-state index contributed by atoms with van der Waals surface area (Å²) >= 11 is 0. The molecule has 114 valence electrons. The molecule has 0 heterocycles. The first-order valence-corrected chi connectivity index (χ1v) is 7.70. The quantitative estimate of drug-likeness (QED) is 0.628. The summed E-state index contributed by atoms with van der Waals surface area (Å²) in [5.74, 6) is 1.59. The standard InChI is InChI=1S/C17H29NO2/c1-4-15(2)16-7-9-17(10-8-16)20-14-6-12-18-11-5-13-19-3/h7-10,15,18H,4-6,11-14H2,1-3H3/t15-/m1/s1. The van der Waals surface area contributed by atoms with E-state index in [4.69, 9.17) is 9.47 Å². The minimum Gasteiger partial charge on any atom is -0.494 e. The summed E-state index contributed by atoms with van der Waals surface area (Å²) in [7, 11) is 1.74. The molecular formula is C17H29NO2. The molecule has 0 bridgehead atoms. The lowest BCUT2D eigenvalue weighted by Crippen LogP contribution is -2.19. The summed E-state index contributed by atoms with van der Waals surface area (Å²) in [5.41, 5.74) is 1.39. The molecular weight excluding hydrogens is 250 g/mol. The predicted molar refractivity (Wildman–Crippen MR) is 84.6 cm³/mol. The Kier molecular flexibility index (Phi) is 9.09. The van der Waals surface area contributed by atoms with Crippen LogP contribution in [0.2, 0.25) is 0 Å². The summed E-state index contributed by atoms with van der Waals surface area (Å²) in [6.07, 6.45) is 3.27. The average molecular weight is 279 g/mol. The van der Waals surface area contributed by atoms with Gasteiger partial charge in [0.25, 0.3) is 0 Å². The topological polar surface area (TPSA) is 30.5 Å². The number of nitrogens with one attached hydrogen (secondary N) is 1. The lowest BCUT2D eigenvalue weighted by molar-refractivity contribution is 0.194. The lowest BCUT2D eigenvalue weighted by Gasteiger charge is -2.11. The van der Waals surface area contributed by atoms with Crippen LogP contribution in [0.5, 0.6) is 5.75 Å². The van der Waals surface area contributed by atoms with Crippen molar-refractivity contribution in [3.05, 3.63) is 29.8 Å². The smallest absolute Gasteiger partial charge is 0.119 e. The summed E-state index contributed by atoms with van der Waals surface area (Å²) in [4.78, 5) is 0. The Morgan fingerprint density at radius 3 is 2.30 bits per heavy atom. The van der Waals surface area contributed by atoms with Crippen molar-refractivity contribution in [3.8, 4) is 5.75 Å². The molecule has 0 amide bonds. The van der Waals surface area contributed by atoms with Crippen molar-refractivity contribution in [2.45, 2.75) is 39.0 Å². The van der Waals surface area contributed by atoms with Crippen LogP contribution in [0.15, 0.2) is 24.3 Å². The van der Waals surface area contributed by atoms with Crippen molar-refractivity contribution in [1.29, 1.82) is 0 Å². The van der Waals surface area contributed by atoms with Crippen LogP contribution >= 0.6 is 0 Å². The van der Waals surface area contributed by atoms with Gasteiger partial charge in [-0.15, -0.1) is 0 Å². The molecule has 0 aromatic heterocycles. The zero-order valence-corrected chi connectivity index (χ0v) is 13.2. The molecule has 3 nitrogen and oxygen atoms in total. The highest BCUT2D eigenvalue weighted by Crippen LogP contribution is 2.21. The third-order valence-electron chi connectivity index (χ3n) is 3.53. The monoisotopic (exact) mass is 279 g/mol. The SMILES string of the molecule is CC[C@@H](C)c1ccc(OCCCNCCCOC)cc1. The van der Waals surface area contributed by atoms with E-state index >= 15 is 0 Å². The first-order valence-electron chi connectivity index (χ1n) is 7.70. The Morgan fingerprint density at radius 1 is 1.05 bits per heavy atom. The van der Waals surface area contributed by atoms with E-state index in [1.165, 1.54) is 12.0 Å². The molecule has 0 aliphatic carbocycles. The second-order valence-corrected chi connectivity index (χ2v) is 5.18. The van der Waals surface area contributed by atoms with Gasteiger partial charge in [0, 0.05) is 13.7 Å². The van der Waals surface area contributed by atoms with Gasteiger partial charge in [-0.3, -0.25) is 0 Å². The molecule has 0 fully saturated rings. The van der Waals surface area contributed by atoms with Gasteiger partial charge in [0.15, 0.2) is 0 Å². The predicted octanol–water partition coefficient (Wildman–Crippen LogP) is 3.60. The van der Waals surface area contributed by atoms with Crippen LogP contribution in [0, 0.1) is 0 Å². The Bertz CT molecular complexity index is 337. The minimum absolute atomic E-state index is 0.625. The molecule has 0 saturated carbocycles. The van der Waals surface area contributed by atoms with Crippen molar-refractivity contribution in [3.63, 3.8) is 0 Å². The fourth-order valence-electron chi connectivity index (χ4n) is 1.98. The van der Waals surface area contributed by atoms with Gasteiger partial charge in [0.2, 0.25) is 0 Å². The van der Waals surface area contributed by atoms with Crippen molar-refractivity contribution >= 4 is 0 Å². The van der Waals surface area contributed by atoms with Crippen LogP contribution < -0.4 is 10.1 Å². The Hall–Kier alpha value is -1.06. The fourth-order valence-corrected chi connectivity index (χ4v) is 1.98. The molecule has 1 aromatic carbocycles. The normalized spacial score (nSPS) is 12.3. The van der Waals surface area contributed by atoms with Gasteiger partial charge in [0.05, 0.1) is 6.61 Å². The number of benzene rings is 1. The van der Waals surface area contributed by atoms with Gasteiger partial charge < -0.3 is 14.8 Å². The van der Waals surface area contributed by atoms with Gasteiger partial charge >= 0.3 is 0 Å². The molecule has 1 rings (SSSR count). The van der Waals surface area contributed by atoms with Gasteiger partial charge in [-0.25, -0.2) is 0 Å². The van der Waals surface area contributed by atoms with Crippen LogP contribution in [0.25, 0.3) is 0 Å². The van der Waals surface area contributed by atoms with E-state index in [9.17, 15) is 0 Å². The van der Waals surface area contributed by atoms with E-state index < -0.39 is 0 Å². The maximum Gasteiger partial charge on any atom is 0.119 e. The van der Waals surface area contributed by atoms with Crippen LogP contribution in [-0.2, 0) is 4.74 Å². The molecule has 0 aliphatic heterocycles. The maximum atomic E-state index is 5.74. The summed E-state index contributed by atoms with van der Waals surface area (Å²) in [6, 6.07) is 8.50. The number of rotatable bonds is 11. The van der Waals surface area contributed by atoms with Gasteiger partial charge in [-0.05, 0) is 56.0 Å². The van der Waals surface area contributed by atoms with Crippen LogP contribution in [0.4, 0.5) is 0 Å². The second-order valence-electron chi connectivity index (χ2n) is 5.18. The van der Waals surface area contributed by atoms with E-state index in [-0.39, 0.29) is 0 Å². The number of methoxy groups -OCH3 is 1. The summed E-state index contributed by atoms with van der Waals surface area (Å²) in [6.45, 7) is 8.07. The van der Waals surface area contributed by atoms with Crippen LogP contribution in [0.1, 0.15) is 44.6 Å². The highest BCUT2D eigenvalue weighted by molar-refractivity contribution is 5.29. The minimum atomic E-state index is 0.625. The fraction of sp³-hybridized carbons (Fsp3) is 0.647. The van der Waals surface area contributed by atoms with Crippen LogP contribution in [0.3, 0.4) is 0 Å². The summed E-state index contributed by atoms with van der Waals surface area (Å²) in [5, 5.41) is 3.38. The van der Waals surface area contributed by atoms with E-state index in [1.54, 1.807) is 7.11 Å². The van der Waals surface area contributed by atoms with E-state index in [2.05, 4.69) is 43.4 Å². The molecule has 0 spiro atoms. The lowest BCUT2D eigenvalue weighted by atomic mass is 9.99. The van der Waals surface area contributed by atoms with Gasteiger partial charge in [-0.2, -0.15) is 0 Å². The van der Waals surface area contributed by atoms with Crippen molar-refractivity contribution in [2.24, 2.45) is 0 Å². The largest absolute Gasteiger partial charge is 0.494 e. The van der Waals surface area contributed by atoms with E-state index in [0.717, 1.165) is 44.9 Å². The second kappa shape index (κ2) is 10.7. The average Bonchev–Trinajstić information content (AvgIpc) is 2.50. The molecule has 0 radical (unpaired) electrons. The highest BCUT2D eigenvalue weighted by atomic mass is 16.5. The Morgan fingerprint density at radius 2 is 1.70 bits per heavy atom. The zero-order valence-electron chi connectivity index (χ0n) is 13.2. The first kappa shape index (κ1) is 17.0. The molecule has 0 aliphatic rings. The van der Waals surface area contributed by atoms with Crippen molar-refractivity contribution in [2.75, 3.05) is 33.4 Å². The Balaban J connectivity index is 2.10. The third-order valence-corrected chi connectivity index (χ3v) is 3.53. The van der Waals surface area contributed by atoms with Crippen molar-refractivity contribution in [1.82, 2.24) is 5.32 Å². The molecule has 3 heteroatoms. The van der Waals surface area contributed by atoms with E-state index in [1.807, 2.05) is 0 Å². The number of ether oxygens (including phenoxy) is 2. The molecule has 1 atom stereocenters. The molecule has 20 heavy (non-hydrogen) atoms. The number of hydrogen-bond acceptors (Lipinski definition) is 3. The molecule has 1 aromatic rings. The Labute approximate surface area is 123 Å². The first-order chi connectivity index (χ1) is 9.77.